The van der Waals surface area contributed by atoms with Crippen LogP contribution in [-0.4, -0.2) is 75.3 Å². The molecule has 2 fully saturated rings. The van der Waals surface area contributed by atoms with Gasteiger partial charge in [0.25, 0.3) is 0 Å². The number of benzene rings is 1. The van der Waals surface area contributed by atoms with Crippen molar-refractivity contribution in [3.8, 4) is 5.75 Å². The molecule has 4 rings (SSSR count). The van der Waals surface area contributed by atoms with Crippen LogP contribution < -0.4 is 5.73 Å². The number of nitro groups is 1. The molecule has 2 saturated carbocycles. The Labute approximate surface area is 192 Å². The Morgan fingerprint density at radius 3 is 2.21 bits per heavy atom. The summed E-state index contributed by atoms with van der Waals surface area (Å²) in [6, 6.07) is 1.14. The molecule has 12 nitrogen and oxygen atoms in total. The van der Waals surface area contributed by atoms with Gasteiger partial charge < -0.3 is 15.9 Å². The van der Waals surface area contributed by atoms with Crippen LogP contribution in [0.1, 0.15) is 28.8 Å². The standard InChI is InChI=1S/C22H23N3O9/c1-6-7-4-5-8(25(33)34)16(26)10(7)18(28)12-9(6)17(27)11-13(19(12)29)20(30)14(22(23)32)21(31)15(11)24(2)3/h4-6,9,11-15,17,26-27H,1-3H3,(H2,23,32)/t6-,9?,11?,12?,13?,14?,15-,17-/m0/s1. The molecule has 1 amide bonds. The number of aliphatic hydroxyl groups is 1. The van der Waals surface area contributed by atoms with Gasteiger partial charge in [0.1, 0.15) is 0 Å². The number of hydrogen-bond acceptors (Lipinski definition) is 10. The van der Waals surface area contributed by atoms with E-state index in [2.05, 4.69) is 0 Å². The smallest absolute Gasteiger partial charge is 0.311 e. The van der Waals surface area contributed by atoms with Crippen molar-refractivity contribution in [1.29, 1.82) is 0 Å². The van der Waals surface area contributed by atoms with Gasteiger partial charge >= 0.3 is 5.69 Å². The summed E-state index contributed by atoms with van der Waals surface area (Å²) in [7, 11) is 3.00. The SMILES string of the molecule is C[C@H]1c2ccc([N+](=O)[O-])c(O)c2C(=O)C2C(=O)C3C(=O)C(C(N)=O)C(=O)[C@@H](N(C)C)C3[C@@H](O)C21. The summed E-state index contributed by atoms with van der Waals surface area (Å²) in [6.07, 6.45) is -1.48. The number of aromatic hydroxyl groups is 1. The highest BCUT2D eigenvalue weighted by Crippen LogP contribution is 2.53. The van der Waals surface area contributed by atoms with Gasteiger partial charge in [0.15, 0.2) is 29.1 Å². The quantitative estimate of drug-likeness (QED) is 0.283. The molecule has 0 bridgehead atoms. The van der Waals surface area contributed by atoms with Gasteiger partial charge in [-0.25, -0.2) is 0 Å². The van der Waals surface area contributed by atoms with E-state index in [-0.39, 0.29) is 5.56 Å². The number of nitrogens with two attached hydrogens (primary N) is 1. The molecular formula is C22H23N3O9. The number of primary amides is 1. The maximum atomic E-state index is 13.6. The Morgan fingerprint density at radius 1 is 1.06 bits per heavy atom. The molecule has 3 aliphatic rings. The Hall–Kier alpha value is -3.51. The lowest BCUT2D eigenvalue weighted by molar-refractivity contribution is -0.385. The van der Waals surface area contributed by atoms with Gasteiger partial charge in [0.05, 0.1) is 34.5 Å². The molecule has 0 aromatic heterocycles. The summed E-state index contributed by atoms with van der Waals surface area (Å²) >= 11 is 0. The normalized spacial score (nSPS) is 35.0. The first-order chi connectivity index (χ1) is 15.8. The lowest BCUT2D eigenvalue weighted by Crippen LogP contribution is -2.69. The first-order valence-corrected chi connectivity index (χ1v) is 10.6. The van der Waals surface area contributed by atoms with Gasteiger partial charge in [-0.15, -0.1) is 0 Å². The molecule has 1 aromatic carbocycles. The lowest BCUT2D eigenvalue weighted by Gasteiger charge is -2.52. The first-order valence-electron chi connectivity index (χ1n) is 10.6. The molecule has 1 aromatic rings. The third kappa shape index (κ3) is 2.95. The van der Waals surface area contributed by atoms with Gasteiger partial charge in [0, 0.05) is 17.9 Å². The summed E-state index contributed by atoms with van der Waals surface area (Å²) in [6.45, 7) is 1.59. The molecule has 0 aliphatic heterocycles. The first kappa shape index (κ1) is 23.6. The van der Waals surface area contributed by atoms with Crippen molar-refractivity contribution in [2.75, 3.05) is 14.1 Å². The van der Waals surface area contributed by atoms with E-state index in [4.69, 9.17) is 5.73 Å². The van der Waals surface area contributed by atoms with Crippen LogP contribution >= 0.6 is 0 Å². The highest BCUT2D eigenvalue weighted by atomic mass is 16.6. The fourth-order valence-corrected chi connectivity index (χ4v) is 6.11. The Kier molecular flexibility index (Phi) is 5.41. The molecule has 34 heavy (non-hydrogen) atoms. The highest BCUT2D eigenvalue weighted by Gasteiger charge is 2.65. The second-order valence-electron chi connectivity index (χ2n) is 9.36. The molecule has 0 saturated heterocycles. The Morgan fingerprint density at radius 2 is 1.68 bits per heavy atom. The highest BCUT2D eigenvalue weighted by molar-refractivity contribution is 6.29. The fraction of sp³-hybridized carbons (Fsp3) is 0.500. The van der Waals surface area contributed by atoms with Crippen molar-refractivity contribution < 1.29 is 39.1 Å². The van der Waals surface area contributed by atoms with E-state index in [0.717, 1.165) is 6.07 Å². The third-order valence-electron chi connectivity index (χ3n) is 7.53. The summed E-state index contributed by atoms with van der Waals surface area (Å²) in [5.41, 5.74) is 4.37. The van der Waals surface area contributed by atoms with E-state index in [1.54, 1.807) is 6.92 Å². The number of rotatable bonds is 3. The summed E-state index contributed by atoms with van der Waals surface area (Å²) in [4.78, 5) is 77.0. The maximum absolute atomic E-state index is 13.6. The number of hydrogen-bond donors (Lipinski definition) is 3. The minimum atomic E-state index is -1.90. The number of amides is 1. The molecule has 180 valence electrons. The second kappa shape index (κ2) is 7.77. The molecule has 4 N–H and O–H groups in total. The molecular weight excluding hydrogens is 450 g/mol. The van der Waals surface area contributed by atoms with Crippen molar-refractivity contribution in [3.05, 3.63) is 33.4 Å². The van der Waals surface area contributed by atoms with Gasteiger partial charge in [-0.1, -0.05) is 13.0 Å². The second-order valence-corrected chi connectivity index (χ2v) is 9.36. The minimum absolute atomic E-state index is 0.213. The van der Waals surface area contributed by atoms with Gasteiger partial charge in [-0.2, -0.15) is 0 Å². The number of nitro benzene ring substituents is 1. The molecule has 5 unspecified atom stereocenters. The van der Waals surface area contributed by atoms with Crippen molar-refractivity contribution in [2.45, 2.75) is 25.0 Å². The summed E-state index contributed by atoms with van der Waals surface area (Å²) in [5.74, 6) is -14.0. The average Bonchev–Trinajstić information content (AvgIpc) is 2.73. The zero-order valence-corrected chi connectivity index (χ0v) is 18.5. The molecule has 0 heterocycles. The van der Waals surface area contributed by atoms with Gasteiger partial charge in [-0.05, 0) is 25.6 Å². The van der Waals surface area contributed by atoms with Crippen molar-refractivity contribution >= 4 is 34.7 Å². The van der Waals surface area contributed by atoms with Crippen LogP contribution in [0.5, 0.6) is 5.75 Å². The number of carbonyl (C=O) groups is 5. The fourth-order valence-electron chi connectivity index (χ4n) is 6.11. The number of nitrogens with zero attached hydrogens (tertiary/aromatic N) is 2. The van der Waals surface area contributed by atoms with Crippen LogP contribution in [0.15, 0.2) is 12.1 Å². The van der Waals surface area contributed by atoms with Gasteiger partial charge in [-0.3, -0.25) is 39.0 Å². The Balaban J connectivity index is 1.91. The van der Waals surface area contributed by atoms with Crippen molar-refractivity contribution in [1.82, 2.24) is 4.90 Å². The number of likely N-dealkylation sites (N-methyl/N-ethyl adjacent to an activating group) is 1. The van der Waals surface area contributed by atoms with Crippen LogP contribution in [0.3, 0.4) is 0 Å². The van der Waals surface area contributed by atoms with Crippen molar-refractivity contribution in [3.63, 3.8) is 0 Å². The zero-order valence-electron chi connectivity index (χ0n) is 18.5. The largest absolute Gasteiger partial charge is 0.502 e. The number of phenolic OH excluding ortho intramolecular Hbond substituents is 1. The molecule has 8 atom stereocenters. The number of Topliss-reactive ketones (excluding diaryl/α,β-unsaturated/α-hetero) is 4. The number of aliphatic hydroxyl groups excluding tert-OH is 1. The maximum Gasteiger partial charge on any atom is 0.311 e. The number of ketones is 4. The van der Waals surface area contributed by atoms with Crippen molar-refractivity contribution in [2.24, 2.45) is 35.3 Å². The number of phenols is 1. The molecule has 0 radical (unpaired) electrons. The van der Waals surface area contributed by atoms with E-state index >= 15 is 0 Å². The van der Waals surface area contributed by atoms with E-state index < -0.39 is 98.6 Å². The van der Waals surface area contributed by atoms with Crippen LogP contribution in [0.25, 0.3) is 0 Å². The lowest BCUT2D eigenvalue weighted by atomic mass is 9.51. The average molecular weight is 473 g/mol. The van der Waals surface area contributed by atoms with Crippen LogP contribution in [-0.2, 0) is 19.2 Å². The summed E-state index contributed by atoms with van der Waals surface area (Å²) < 4.78 is 0. The monoisotopic (exact) mass is 473 g/mol. The predicted octanol–water partition coefficient (Wildman–Crippen LogP) is -0.808. The van der Waals surface area contributed by atoms with Crippen LogP contribution in [0, 0.1) is 39.7 Å². The minimum Gasteiger partial charge on any atom is -0.502 e. The molecule has 0 spiro atoms. The van der Waals surface area contributed by atoms with Crippen LogP contribution in [0.2, 0.25) is 0 Å². The van der Waals surface area contributed by atoms with E-state index in [9.17, 15) is 44.3 Å². The van der Waals surface area contributed by atoms with E-state index in [1.807, 2.05) is 0 Å². The summed E-state index contributed by atoms with van der Waals surface area (Å²) in [5, 5.41) is 33.1. The van der Waals surface area contributed by atoms with E-state index in [0.29, 0.717) is 0 Å². The topological polar surface area (TPSA) is 198 Å². The van der Waals surface area contributed by atoms with Gasteiger partial charge in [0.2, 0.25) is 11.7 Å². The van der Waals surface area contributed by atoms with E-state index in [1.165, 1.54) is 25.1 Å². The Bertz CT molecular complexity index is 1180. The molecule has 3 aliphatic carbocycles. The molecule has 12 heteroatoms. The predicted molar refractivity (Wildman–Crippen MR) is 113 cm³/mol. The third-order valence-corrected chi connectivity index (χ3v) is 7.53. The number of fused-ring (bicyclic) bond motifs is 3. The number of carbonyl (C=O) groups excluding carboxylic acids is 5. The van der Waals surface area contributed by atoms with Crippen LogP contribution in [0.4, 0.5) is 5.69 Å². The zero-order chi connectivity index (χ0) is 25.4.